The van der Waals surface area contributed by atoms with Gasteiger partial charge in [0.2, 0.25) is 0 Å². The zero-order valence-corrected chi connectivity index (χ0v) is 7.88. The van der Waals surface area contributed by atoms with Crippen molar-refractivity contribution in [2.45, 2.75) is 19.0 Å². The largest absolute Gasteiger partial charge is 0.397 e. The highest BCUT2D eigenvalue weighted by Crippen LogP contribution is 2.36. The van der Waals surface area contributed by atoms with Crippen LogP contribution in [0.3, 0.4) is 0 Å². The van der Waals surface area contributed by atoms with E-state index in [1.165, 1.54) is 6.07 Å². The smallest absolute Gasteiger partial charge is 0.329 e. The zero-order valence-electron chi connectivity index (χ0n) is 7.06. The summed E-state index contributed by atoms with van der Waals surface area (Å²) in [5, 5.41) is 1.70. The second-order valence-electron chi connectivity index (χ2n) is 2.86. The molecule has 1 heterocycles. The molecule has 0 aromatic carbocycles. The Hall–Kier alpha value is -0.550. The van der Waals surface area contributed by atoms with Crippen LogP contribution in [-0.4, -0.2) is 12.7 Å². The fraction of sp³-hybridized carbons (Fsp3) is 0.500. The predicted molar refractivity (Wildman–Crippen MR) is 46.9 cm³/mol. The number of thiophene rings is 1. The summed E-state index contributed by atoms with van der Waals surface area (Å²) in [5.74, 6) is -1.51. The SMILES string of the molecule is Cc1csc(C(CN)C(F)(F)F)c1. The highest BCUT2D eigenvalue weighted by molar-refractivity contribution is 7.10. The van der Waals surface area contributed by atoms with E-state index >= 15 is 0 Å². The summed E-state index contributed by atoms with van der Waals surface area (Å²) in [6.45, 7) is 1.38. The van der Waals surface area contributed by atoms with E-state index in [-0.39, 0.29) is 6.54 Å². The number of nitrogens with two attached hydrogens (primary N) is 1. The summed E-state index contributed by atoms with van der Waals surface area (Å²) >= 11 is 1.11. The monoisotopic (exact) mass is 209 g/mol. The molecule has 1 atom stereocenters. The van der Waals surface area contributed by atoms with E-state index in [0.29, 0.717) is 4.88 Å². The van der Waals surface area contributed by atoms with Gasteiger partial charge in [-0.05, 0) is 23.9 Å². The van der Waals surface area contributed by atoms with Gasteiger partial charge in [-0.25, -0.2) is 0 Å². The third-order valence-electron chi connectivity index (χ3n) is 1.73. The van der Waals surface area contributed by atoms with Crippen LogP contribution in [0.2, 0.25) is 0 Å². The molecule has 2 N–H and O–H groups in total. The maximum atomic E-state index is 12.3. The molecule has 0 saturated heterocycles. The molecule has 0 radical (unpaired) electrons. The normalized spacial score (nSPS) is 14.5. The van der Waals surface area contributed by atoms with Crippen molar-refractivity contribution >= 4 is 11.3 Å². The van der Waals surface area contributed by atoms with E-state index in [4.69, 9.17) is 5.73 Å². The highest BCUT2D eigenvalue weighted by Gasteiger charge is 2.40. The Morgan fingerprint density at radius 2 is 2.15 bits per heavy atom. The average Bonchev–Trinajstić information content (AvgIpc) is 2.34. The fourth-order valence-electron chi connectivity index (χ4n) is 1.05. The van der Waals surface area contributed by atoms with Gasteiger partial charge in [-0.3, -0.25) is 0 Å². The van der Waals surface area contributed by atoms with E-state index in [0.717, 1.165) is 16.9 Å². The number of halogens is 3. The Labute approximate surface area is 78.4 Å². The average molecular weight is 209 g/mol. The van der Waals surface area contributed by atoms with Crippen molar-refractivity contribution in [1.29, 1.82) is 0 Å². The topological polar surface area (TPSA) is 26.0 Å². The van der Waals surface area contributed by atoms with Gasteiger partial charge in [0.15, 0.2) is 0 Å². The van der Waals surface area contributed by atoms with E-state index in [1.54, 1.807) is 12.3 Å². The van der Waals surface area contributed by atoms with Crippen LogP contribution in [0.4, 0.5) is 13.2 Å². The Kier molecular flexibility index (Phi) is 2.98. The molecule has 0 aliphatic carbocycles. The van der Waals surface area contributed by atoms with Crippen LogP contribution in [0.1, 0.15) is 16.4 Å². The molecule has 74 valence electrons. The van der Waals surface area contributed by atoms with Gasteiger partial charge in [-0.1, -0.05) is 0 Å². The molecule has 0 spiro atoms. The summed E-state index contributed by atoms with van der Waals surface area (Å²) < 4.78 is 37.0. The van der Waals surface area contributed by atoms with E-state index in [1.807, 2.05) is 0 Å². The highest BCUT2D eigenvalue weighted by atomic mass is 32.1. The lowest BCUT2D eigenvalue weighted by molar-refractivity contribution is -0.147. The zero-order chi connectivity index (χ0) is 10.1. The second-order valence-corrected chi connectivity index (χ2v) is 3.80. The summed E-state index contributed by atoms with van der Waals surface area (Å²) in [6.07, 6.45) is -4.23. The van der Waals surface area contributed by atoms with E-state index in [2.05, 4.69) is 0 Å². The molecule has 1 aromatic rings. The van der Waals surface area contributed by atoms with Crippen LogP contribution >= 0.6 is 11.3 Å². The fourth-order valence-corrected chi connectivity index (χ4v) is 2.09. The molecule has 1 nitrogen and oxygen atoms in total. The van der Waals surface area contributed by atoms with Crippen LogP contribution in [0.5, 0.6) is 0 Å². The summed E-state index contributed by atoms with van der Waals surface area (Å²) in [5.41, 5.74) is 5.94. The Morgan fingerprint density at radius 3 is 2.46 bits per heavy atom. The molecule has 0 bridgehead atoms. The minimum atomic E-state index is -4.23. The molecule has 13 heavy (non-hydrogen) atoms. The summed E-state index contributed by atoms with van der Waals surface area (Å²) in [7, 11) is 0. The first-order valence-corrected chi connectivity index (χ1v) is 4.65. The maximum Gasteiger partial charge on any atom is 0.397 e. The van der Waals surface area contributed by atoms with Crippen molar-refractivity contribution in [2.75, 3.05) is 6.54 Å². The van der Waals surface area contributed by atoms with Gasteiger partial charge >= 0.3 is 6.18 Å². The van der Waals surface area contributed by atoms with Crippen LogP contribution < -0.4 is 5.73 Å². The van der Waals surface area contributed by atoms with Gasteiger partial charge in [-0.15, -0.1) is 11.3 Å². The minimum absolute atomic E-state index is 0.299. The van der Waals surface area contributed by atoms with Crippen molar-refractivity contribution in [1.82, 2.24) is 0 Å². The van der Waals surface area contributed by atoms with E-state index < -0.39 is 12.1 Å². The van der Waals surface area contributed by atoms with E-state index in [9.17, 15) is 13.2 Å². The first kappa shape index (κ1) is 10.5. The third-order valence-corrected chi connectivity index (χ3v) is 2.89. The molecule has 0 amide bonds. The Bertz CT molecular complexity index is 279. The molecule has 1 unspecified atom stereocenters. The number of hydrogen-bond acceptors (Lipinski definition) is 2. The van der Waals surface area contributed by atoms with Gasteiger partial charge < -0.3 is 5.73 Å². The van der Waals surface area contributed by atoms with Gasteiger partial charge in [0.05, 0.1) is 0 Å². The van der Waals surface area contributed by atoms with Gasteiger partial charge in [-0.2, -0.15) is 13.2 Å². The molecule has 1 aromatic heterocycles. The molecule has 0 aliphatic rings. The molecule has 5 heteroatoms. The predicted octanol–water partition coefficient (Wildman–Crippen LogP) is 2.66. The van der Waals surface area contributed by atoms with Gasteiger partial charge in [0.1, 0.15) is 5.92 Å². The first-order chi connectivity index (χ1) is 5.95. The lowest BCUT2D eigenvalue weighted by Crippen LogP contribution is -2.27. The molecule has 0 aliphatic heterocycles. The van der Waals surface area contributed by atoms with Crippen molar-refractivity contribution in [3.8, 4) is 0 Å². The van der Waals surface area contributed by atoms with Crippen LogP contribution in [0, 0.1) is 6.92 Å². The van der Waals surface area contributed by atoms with Crippen LogP contribution in [0.25, 0.3) is 0 Å². The van der Waals surface area contributed by atoms with Crippen LogP contribution in [0.15, 0.2) is 11.4 Å². The number of alkyl halides is 3. The molecule has 0 saturated carbocycles. The van der Waals surface area contributed by atoms with Gasteiger partial charge in [0.25, 0.3) is 0 Å². The second kappa shape index (κ2) is 3.67. The van der Waals surface area contributed by atoms with Gasteiger partial charge in [0, 0.05) is 11.4 Å². The first-order valence-electron chi connectivity index (χ1n) is 3.77. The summed E-state index contributed by atoms with van der Waals surface area (Å²) in [6, 6.07) is 1.54. The van der Waals surface area contributed by atoms with Crippen LogP contribution in [-0.2, 0) is 0 Å². The number of hydrogen-bond donors (Lipinski definition) is 1. The standard InChI is InChI=1S/C8H10F3NS/c1-5-2-7(13-4-5)6(3-12)8(9,10)11/h2,4,6H,3,12H2,1H3. The summed E-state index contributed by atoms with van der Waals surface area (Å²) in [4.78, 5) is 0.299. The minimum Gasteiger partial charge on any atom is -0.329 e. The maximum absolute atomic E-state index is 12.3. The Balaban J connectivity index is 2.91. The lowest BCUT2D eigenvalue weighted by atomic mass is 10.1. The quantitative estimate of drug-likeness (QED) is 0.796. The lowest BCUT2D eigenvalue weighted by Gasteiger charge is -2.16. The molecular formula is C8H10F3NS. The Morgan fingerprint density at radius 1 is 1.54 bits per heavy atom. The number of aryl methyl sites for hydroxylation is 1. The van der Waals surface area contributed by atoms with Crippen molar-refractivity contribution in [2.24, 2.45) is 5.73 Å². The van der Waals surface area contributed by atoms with Crippen molar-refractivity contribution in [3.63, 3.8) is 0 Å². The molecular weight excluding hydrogens is 199 g/mol. The molecule has 1 rings (SSSR count). The van der Waals surface area contributed by atoms with Crippen molar-refractivity contribution in [3.05, 3.63) is 21.9 Å². The number of rotatable bonds is 2. The molecule has 0 fully saturated rings. The third kappa shape index (κ3) is 2.45. The van der Waals surface area contributed by atoms with Crippen molar-refractivity contribution < 1.29 is 13.2 Å².